The number of benzene rings is 1. The molecule has 0 spiro atoms. The SMILES string of the molecule is CCOc1cc(C(=O)Nc2c(C)nn(CC)c2C)cc2occc12. The highest BCUT2D eigenvalue weighted by Gasteiger charge is 2.17. The smallest absolute Gasteiger partial charge is 0.256 e. The molecule has 0 atom stereocenters. The van der Waals surface area contributed by atoms with Crippen LogP contribution in [0, 0.1) is 13.8 Å². The number of aromatic nitrogens is 2. The van der Waals surface area contributed by atoms with Crippen molar-refractivity contribution in [3.8, 4) is 5.75 Å². The summed E-state index contributed by atoms with van der Waals surface area (Å²) >= 11 is 0. The predicted octanol–water partition coefficient (Wildman–Crippen LogP) is 3.92. The third-order valence-electron chi connectivity index (χ3n) is 4.02. The summed E-state index contributed by atoms with van der Waals surface area (Å²) < 4.78 is 12.9. The van der Waals surface area contributed by atoms with Gasteiger partial charge in [-0.05, 0) is 45.9 Å². The number of aryl methyl sites for hydroxylation is 2. The molecule has 0 bridgehead atoms. The molecule has 0 saturated heterocycles. The van der Waals surface area contributed by atoms with E-state index in [0.29, 0.717) is 23.5 Å². The molecule has 24 heavy (non-hydrogen) atoms. The highest BCUT2D eigenvalue weighted by Crippen LogP contribution is 2.29. The zero-order chi connectivity index (χ0) is 17.3. The Labute approximate surface area is 140 Å². The maximum Gasteiger partial charge on any atom is 0.256 e. The van der Waals surface area contributed by atoms with Crippen molar-refractivity contribution in [3.63, 3.8) is 0 Å². The summed E-state index contributed by atoms with van der Waals surface area (Å²) in [6, 6.07) is 5.30. The van der Waals surface area contributed by atoms with Gasteiger partial charge in [0.25, 0.3) is 5.91 Å². The first-order valence-electron chi connectivity index (χ1n) is 8.04. The number of fused-ring (bicyclic) bond motifs is 1. The molecule has 0 saturated carbocycles. The van der Waals surface area contributed by atoms with Crippen LogP contribution in [0.15, 0.2) is 28.9 Å². The number of carbonyl (C=O) groups excluding carboxylic acids is 1. The van der Waals surface area contributed by atoms with Crippen molar-refractivity contribution in [1.82, 2.24) is 9.78 Å². The number of carbonyl (C=O) groups is 1. The van der Waals surface area contributed by atoms with E-state index in [2.05, 4.69) is 10.4 Å². The molecule has 0 aliphatic carbocycles. The van der Waals surface area contributed by atoms with E-state index in [-0.39, 0.29) is 5.91 Å². The van der Waals surface area contributed by atoms with Crippen LogP contribution in [0.5, 0.6) is 5.75 Å². The fourth-order valence-corrected chi connectivity index (χ4v) is 2.82. The first kappa shape index (κ1) is 16.1. The fraction of sp³-hybridized carbons (Fsp3) is 0.333. The molecule has 0 aliphatic rings. The largest absolute Gasteiger partial charge is 0.493 e. The van der Waals surface area contributed by atoms with Gasteiger partial charge >= 0.3 is 0 Å². The molecule has 0 radical (unpaired) electrons. The molecule has 2 heterocycles. The van der Waals surface area contributed by atoms with Gasteiger partial charge in [-0.1, -0.05) is 0 Å². The van der Waals surface area contributed by atoms with Gasteiger partial charge in [0, 0.05) is 12.1 Å². The molecule has 0 aliphatic heterocycles. The first-order valence-corrected chi connectivity index (χ1v) is 8.04. The van der Waals surface area contributed by atoms with Crippen molar-refractivity contribution in [1.29, 1.82) is 0 Å². The predicted molar refractivity (Wildman–Crippen MR) is 92.7 cm³/mol. The molecule has 1 N–H and O–H groups in total. The number of hydrogen-bond donors (Lipinski definition) is 1. The highest BCUT2D eigenvalue weighted by molar-refractivity contribution is 6.07. The van der Waals surface area contributed by atoms with Crippen molar-refractivity contribution < 1.29 is 13.9 Å². The first-order chi connectivity index (χ1) is 11.5. The Morgan fingerprint density at radius 2 is 2.12 bits per heavy atom. The van der Waals surface area contributed by atoms with Gasteiger partial charge in [0.1, 0.15) is 11.3 Å². The molecule has 3 aromatic rings. The van der Waals surface area contributed by atoms with E-state index in [4.69, 9.17) is 9.15 Å². The van der Waals surface area contributed by atoms with Gasteiger partial charge in [0.15, 0.2) is 0 Å². The van der Waals surface area contributed by atoms with Crippen molar-refractivity contribution in [2.75, 3.05) is 11.9 Å². The van der Waals surface area contributed by atoms with Crippen LogP contribution in [0.25, 0.3) is 11.0 Å². The van der Waals surface area contributed by atoms with E-state index in [1.54, 1.807) is 18.4 Å². The van der Waals surface area contributed by atoms with E-state index in [1.165, 1.54) is 0 Å². The second-order valence-corrected chi connectivity index (χ2v) is 5.56. The maximum absolute atomic E-state index is 12.7. The van der Waals surface area contributed by atoms with E-state index in [0.717, 1.165) is 29.0 Å². The van der Waals surface area contributed by atoms with Gasteiger partial charge in [-0.25, -0.2) is 0 Å². The van der Waals surface area contributed by atoms with Crippen LogP contribution < -0.4 is 10.1 Å². The maximum atomic E-state index is 12.7. The number of nitrogens with zero attached hydrogens (tertiary/aromatic N) is 2. The third kappa shape index (κ3) is 2.75. The Kier molecular flexibility index (Phi) is 4.29. The normalized spacial score (nSPS) is 11.0. The van der Waals surface area contributed by atoms with E-state index >= 15 is 0 Å². The van der Waals surface area contributed by atoms with Crippen molar-refractivity contribution in [2.45, 2.75) is 34.2 Å². The van der Waals surface area contributed by atoms with Gasteiger partial charge < -0.3 is 14.5 Å². The lowest BCUT2D eigenvalue weighted by molar-refractivity contribution is 0.102. The summed E-state index contributed by atoms with van der Waals surface area (Å²) in [5.41, 5.74) is 3.60. The minimum Gasteiger partial charge on any atom is -0.493 e. The quantitative estimate of drug-likeness (QED) is 0.771. The molecule has 0 unspecified atom stereocenters. The number of amides is 1. The molecule has 6 nitrogen and oxygen atoms in total. The standard InChI is InChI=1S/C18H21N3O3/c1-5-21-12(4)17(11(3)20-21)19-18(22)13-9-15(23-6-2)14-7-8-24-16(14)10-13/h7-10H,5-6H2,1-4H3,(H,19,22). The van der Waals surface area contributed by atoms with E-state index < -0.39 is 0 Å². The Morgan fingerprint density at radius 3 is 2.79 bits per heavy atom. The Hall–Kier alpha value is -2.76. The average Bonchev–Trinajstić information content (AvgIpc) is 3.14. The van der Waals surface area contributed by atoms with Crippen LogP contribution in [-0.4, -0.2) is 22.3 Å². The van der Waals surface area contributed by atoms with Gasteiger partial charge in [-0.15, -0.1) is 0 Å². The molecule has 6 heteroatoms. The Morgan fingerprint density at radius 1 is 1.33 bits per heavy atom. The fourth-order valence-electron chi connectivity index (χ4n) is 2.82. The lowest BCUT2D eigenvalue weighted by Crippen LogP contribution is -2.13. The third-order valence-corrected chi connectivity index (χ3v) is 4.02. The zero-order valence-corrected chi connectivity index (χ0v) is 14.3. The van der Waals surface area contributed by atoms with Gasteiger partial charge in [0.05, 0.1) is 35.3 Å². The summed E-state index contributed by atoms with van der Waals surface area (Å²) in [6.07, 6.45) is 1.59. The molecule has 3 rings (SSSR count). The number of furan rings is 1. The van der Waals surface area contributed by atoms with Crippen LogP contribution in [0.2, 0.25) is 0 Å². The minimum atomic E-state index is -0.212. The van der Waals surface area contributed by atoms with Crippen molar-refractivity contribution >= 4 is 22.6 Å². The Bertz CT molecular complexity index is 892. The molecular weight excluding hydrogens is 306 g/mol. The van der Waals surface area contributed by atoms with Crippen LogP contribution in [0.3, 0.4) is 0 Å². The van der Waals surface area contributed by atoms with Crippen LogP contribution in [-0.2, 0) is 6.54 Å². The summed E-state index contributed by atoms with van der Waals surface area (Å²) in [4.78, 5) is 12.7. The lowest BCUT2D eigenvalue weighted by atomic mass is 10.1. The second kappa shape index (κ2) is 6.39. The number of nitrogens with one attached hydrogen (secondary N) is 1. The summed E-state index contributed by atoms with van der Waals surface area (Å²) in [5, 5.41) is 8.24. The van der Waals surface area contributed by atoms with Gasteiger partial charge in [0.2, 0.25) is 0 Å². The topological polar surface area (TPSA) is 69.3 Å². The number of rotatable bonds is 5. The van der Waals surface area contributed by atoms with Crippen molar-refractivity contribution in [3.05, 3.63) is 41.4 Å². The summed E-state index contributed by atoms with van der Waals surface area (Å²) in [5.74, 6) is 0.433. The molecule has 0 fully saturated rings. The highest BCUT2D eigenvalue weighted by atomic mass is 16.5. The van der Waals surface area contributed by atoms with Crippen LogP contribution in [0.4, 0.5) is 5.69 Å². The van der Waals surface area contributed by atoms with Crippen molar-refractivity contribution in [2.24, 2.45) is 0 Å². The number of hydrogen-bond acceptors (Lipinski definition) is 4. The molecule has 2 aromatic heterocycles. The zero-order valence-electron chi connectivity index (χ0n) is 14.3. The number of anilines is 1. The summed E-state index contributed by atoms with van der Waals surface area (Å²) in [6.45, 7) is 9.04. The van der Waals surface area contributed by atoms with E-state index in [1.807, 2.05) is 38.4 Å². The van der Waals surface area contributed by atoms with E-state index in [9.17, 15) is 4.79 Å². The number of ether oxygens (including phenoxy) is 1. The molecule has 1 amide bonds. The second-order valence-electron chi connectivity index (χ2n) is 5.56. The van der Waals surface area contributed by atoms with Gasteiger partial charge in [-0.3, -0.25) is 9.48 Å². The molecular formula is C18H21N3O3. The van der Waals surface area contributed by atoms with Crippen LogP contribution in [0.1, 0.15) is 35.6 Å². The Balaban J connectivity index is 1.95. The average molecular weight is 327 g/mol. The lowest BCUT2D eigenvalue weighted by Gasteiger charge is -2.09. The molecule has 1 aromatic carbocycles. The van der Waals surface area contributed by atoms with Crippen LogP contribution >= 0.6 is 0 Å². The monoisotopic (exact) mass is 327 g/mol. The van der Waals surface area contributed by atoms with Gasteiger partial charge in [-0.2, -0.15) is 5.10 Å². The minimum absolute atomic E-state index is 0.212. The molecule has 126 valence electrons. The summed E-state index contributed by atoms with van der Waals surface area (Å²) in [7, 11) is 0.